The molecular formula is C15H11FN2. The number of halogens is 1. The van der Waals surface area contributed by atoms with Crippen LogP contribution in [-0.2, 0) is 6.42 Å². The number of benzene rings is 2. The first-order valence-electron chi connectivity index (χ1n) is 5.84. The van der Waals surface area contributed by atoms with Gasteiger partial charge in [-0.05, 0) is 36.2 Å². The molecule has 1 aliphatic heterocycles. The molecule has 1 heterocycles. The third-order valence-electron chi connectivity index (χ3n) is 3.26. The summed E-state index contributed by atoms with van der Waals surface area (Å²) in [6.45, 7) is 0.789. The van der Waals surface area contributed by atoms with Gasteiger partial charge in [-0.25, -0.2) is 4.39 Å². The van der Waals surface area contributed by atoms with Crippen LogP contribution >= 0.6 is 0 Å². The summed E-state index contributed by atoms with van der Waals surface area (Å²) < 4.78 is 13.3. The molecule has 0 atom stereocenters. The highest BCUT2D eigenvalue weighted by Crippen LogP contribution is 2.36. The van der Waals surface area contributed by atoms with Crippen molar-refractivity contribution in [3.8, 4) is 6.07 Å². The summed E-state index contributed by atoms with van der Waals surface area (Å²) in [5.74, 6) is -0.241. The van der Waals surface area contributed by atoms with E-state index < -0.39 is 0 Å². The quantitative estimate of drug-likeness (QED) is 0.761. The maximum absolute atomic E-state index is 13.3. The molecule has 0 N–H and O–H groups in total. The van der Waals surface area contributed by atoms with Crippen molar-refractivity contribution in [3.05, 3.63) is 59.4 Å². The van der Waals surface area contributed by atoms with Gasteiger partial charge in [0.05, 0.1) is 11.3 Å². The Bertz CT molecular complexity index is 643. The minimum Gasteiger partial charge on any atom is -0.340 e. The molecule has 0 spiro atoms. The van der Waals surface area contributed by atoms with Gasteiger partial charge in [0.25, 0.3) is 0 Å². The van der Waals surface area contributed by atoms with Crippen LogP contribution in [0.1, 0.15) is 11.1 Å². The summed E-state index contributed by atoms with van der Waals surface area (Å²) >= 11 is 0. The van der Waals surface area contributed by atoms with E-state index in [-0.39, 0.29) is 5.82 Å². The molecule has 0 radical (unpaired) electrons. The Morgan fingerprint density at radius 2 is 1.94 bits per heavy atom. The van der Waals surface area contributed by atoms with Crippen LogP contribution in [0.5, 0.6) is 0 Å². The van der Waals surface area contributed by atoms with Crippen LogP contribution in [0.2, 0.25) is 0 Å². The van der Waals surface area contributed by atoms with Crippen molar-refractivity contribution < 1.29 is 4.39 Å². The minimum atomic E-state index is -0.241. The van der Waals surface area contributed by atoms with Crippen molar-refractivity contribution in [2.24, 2.45) is 0 Å². The summed E-state index contributed by atoms with van der Waals surface area (Å²) in [6.07, 6.45) is 0.884. The van der Waals surface area contributed by atoms with E-state index in [0.717, 1.165) is 29.9 Å². The lowest BCUT2D eigenvalue weighted by atomic mass is 10.1. The predicted molar refractivity (Wildman–Crippen MR) is 68.3 cm³/mol. The van der Waals surface area contributed by atoms with Gasteiger partial charge in [-0.3, -0.25) is 0 Å². The van der Waals surface area contributed by atoms with Crippen molar-refractivity contribution >= 4 is 11.4 Å². The first-order chi connectivity index (χ1) is 8.79. The van der Waals surface area contributed by atoms with Gasteiger partial charge in [-0.2, -0.15) is 5.26 Å². The summed E-state index contributed by atoms with van der Waals surface area (Å²) in [7, 11) is 0. The molecule has 0 amide bonds. The molecule has 0 bridgehead atoms. The second kappa shape index (κ2) is 4.15. The van der Waals surface area contributed by atoms with Crippen LogP contribution in [0.15, 0.2) is 42.5 Å². The molecule has 3 heteroatoms. The molecule has 18 heavy (non-hydrogen) atoms. The standard InChI is InChI=1S/C15H11FN2/c16-13-6-5-11-7-8-18(15(11)9-13)14-4-2-1-3-12(14)10-17/h1-6,9H,7-8H2. The van der Waals surface area contributed by atoms with Gasteiger partial charge >= 0.3 is 0 Å². The Balaban J connectivity index is 2.12. The fourth-order valence-corrected chi connectivity index (χ4v) is 2.41. The van der Waals surface area contributed by atoms with E-state index in [1.165, 1.54) is 12.1 Å². The van der Waals surface area contributed by atoms with E-state index in [0.29, 0.717) is 5.56 Å². The SMILES string of the molecule is N#Cc1ccccc1N1CCc2ccc(F)cc21. The zero-order chi connectivity index (χ0) is 12.5. The van der Waals surface area contributed by atoms with E-state index in [4.69, 9.17) is 5.26 Å². The van der Waals surface area contributed by atoms with Crippen molar-refractivity contribution in [3.63, 3.8) is 0 Å². The number of fused-ring (bicyclic) bond motifs is 1. The van der Waals surface area contributed by atoms with Gasteiger partial charge in [-0.15, -0.1) is 0 Å². The van der Waals surface area contributed by atoms with Gasteiger partial charge in [0.15, 0.2) is 0 Å². The Hall–Kier alpha value is -2.34. The van der Waals surface area contributed by atoms with Crippen LogP contribution in [0.4, 0.5) is 15.8 Å². The van der Waals surface area contributed by atoms with Crippen LogP contribution in [0, 0.1) is 17.1 Å². The Morgan fingerprint density at radius 1 is 1.11 bits per heavy atom. The summed E-state index contributed by atoms with van der Waals surface area (Å²) in [6, 6.07) is 14.4. The van der Waals surface area contributed by atoms with Crippen LogP contribution in [0.25, 0.3) is 0 Å². The number of para-hydroxylation sites is 1. The highest BCUT2D eigenvalue weighted by molar-refractivity contribution is 5.73. The van der Waals surface area contributed by atoms with Gasteiger partial charge in [0.2, 0.25) is 0 Å². The van der Waals surface area contributed by atoms with E-state index in [2.05, 4.69) is 6.07 Å². The number of anilines is 2. The number of nitriles is 1. The molecule has 2 aromatic rings. The molecular weight excluding hydrogens is 227 g/mol. The van der Waals surface area contributed by atoms with Gasteiger partial charge in [0.1, 0.15) is 11.9 Å². The molecule has 0 aliphatic carbocycles. The molecule has 0 aromatic heterocycles. The van der Waals surface area contributed by atoms with E-state index >= 15 is 0 Å². The third kappa shape index (κ3) is 1.63. The van der Waals surface area contributed by atoms with Crippen LogP contribution in [0.3, 0.4) is 0 Å². The first kappa shape index (κ1) is 10.8. The smallest absolute Gasteiger partial charge is 0.125 e. The Kier molecular flexibility index (Phi) is 2.49. The monoisotopic (exact) mass is 238 g/mol. The van der Waals surface area contributed by atoms with Crippen molar-refractivity contribution in [2.75, 3.05) is 11.4 Å². The second-order valence-corrected chi connectivity index (χ2v) is 4.30. The Labute approximate surface area is 105 Å². The number of nitrogens with zero attached hydrogens (tertiary/aromatic N) is 2. The van der Waals surface area contributed by atoms with E-state index in [1.807, 2.05) is 29.2 Å². The average molecular weight is 238 g/mol. The van der Waals surface area contributed by atoms with E-state index in [1.54, 1.807) is 6.07 Å². The van der Waals surface area contributed by atoms with Gasteiger partial charge in [0, 0.05) is 12.2 Å². The van der Waals surface area contributed by atoms with Crippen molar-refractivity contribution in [1.29, 1.82) is 5.26 Å². The zero-order valence-electron chi connectivity index (χ0n) is 9.73. The lowest BCUT2D eigenvalue weighted by Crippen LogP contribution is -2.14. The van der Waals surface area contributed by atoms with Crippen LogP contribution < -0.4 is 4.90 Å². The fraction of sp³-hybridized carbons (Fsp3) is 0.133. The van der Waals surface area contributed by atoms with Gasteiger partial charge < -0.3 is 4.90 Å². The normalized spacial score (nSPS) is 13.2. The average Bonchev–Trinajstić information content (AvgIpc) is 2.81. The molecule has 1 aliphatic rings. The predicted octanol–water partition coefficient (Wildman–Crippen LogP) is 3.39. The molecule has 0 saturated carbocycles. The summed E-state index contributed by atoms with van der Waals surface area (Å²) in [4.78, 5) is 2.01. The van der Waals surface area contributed by atoms with Crippen LogP contribution in [-0.4, -0.2) is 6.54 Å². The number of hydrogen-bond acceptors (Lipinski definition) is 2. The largest absolute Gasteiger partial charge is 0.340 e. The molecule has 0 unspecified atom stereocenters. The van der Waals surface area contributed by atoms with Gasteiger partial charge in [-0.1, -0.05) is 18.2 Å². The highest BCUT2D eigenvalue weighted by Gasteiger charge is 2.22. The number of rotatable bonds is 1. The minimum absolute atomic E-state index is 0.241. The third-order valence-corrected chi connectivity index (χ3v) is 3.26. The van der Waals surface area contributed by atoms with E-state index in [9.17, 15) is 4.39 Å². The molecule has 2 aromatic carbocycles. The fourth-order valence-electron chi connectivity index (χ4n) is 2.41. The maximum Gasteiger partial charge on any atom is 0.125 e. The zero-order valence-corrected chi connectivity index (χ0v) is 9.73. The molecule has 0 fully saturated rings. The maximum atomic E-state index is 13.3. The molecule has 88 valence electrons. The second-order valence-electron chi connectivity index (χ2n) is 4.30. The molecule has 3 rings (SSSR count). The van der Waals surface area contributed by atoms with Crippen molar-refractivity contribution in [2.45, 2.75) is 6.42 Å². The lowest BCUT2D eigenvalue weighted by molar-refractivity contribution is 0.628. The molecule has 0 saturated heterocycles. The first-order valence-corrected chi connectivity index (χ1v) is 5.84. The topological polar surface area (TPSA) is 27.0 Å². The van der Waals surface area contributed by atoms with Crippen molar-refractivity contribution in [1.82, 2.24) is 0 Å². The lowest BCUT2D eigenvalue weighted by Gasteiger charge is -2.20. The molecule has 2 nitrogen and oxygen atoms in total. The summed E-state index contributed by atoms with van der Waals surface area (Å²) in [5, 5.41) is 9.13. The summed E-state index contributed by atoms with van der Waals surface area (Å²) in [5.41, 5.74) is 3.47. The highest BCUT2D eigenvalue weighted by atomic mass is 19.1. The Morgan fingerprint density at radius 3 is 2.78 bits per heavy atom. The number of hydrogen-bond donors (Lipinski definition) is 0.